The third-order valence-corrected chi connectivity index (χ3v) is 3.39. The van der Waals surface area contributed by atoms with Gasteiger partial charge in [-0.3, -0.25) is 9.59 Å². The van der Waals surface area contributed by atoms with E-state index in [0.717, 1.165) is 6.29 Å². The highest BCUT2D eigenvalue weighted by atomic mass is 16.5. The number of nitrogens with one attached hydrogen (secondary N) is 1. The fraction of sp³-hybridized carbons (Fsp3) is 0.333. The Morgan fingerprint density at radius 1 is 1.17 bits per heavy atom. The Morgan fingerprint density at radius 2 is 1.92 bits per heavy atom. The first-order valence-electron chi connectivity index (χ1n) is 7.97. The second kappa shape index (κ2) is 8.76. The Bertz CT molecular complexity index is 694. The second-order valence-corrected chi connectivity index (χ2v) is 5.07. The van der Waals surface area contributed by atoms with Gasteiger partial charge >= 0.3 is 0 Å². The molecule has 1 heterocycles. The van der Waals surface area contributed by atoms with Crippen molar-refractivity contribution < 1.29 is 19.1 Å². The summed E-state index contributed by atoms with van der Waals surface area (Å²) in [5.74, 6) is 1.12. The smallest absolute Gasteiger partial charge is 0.226 e. The molecule has 0 unspecified atom stereocenters. The number of aldehydes is 1. The first-order chi connectivity index (χ1) is 11.7. The van der Waals surface area contributed by atoms with E-state index in [4.69, 9.17) is 9.47 Å². The van der Waals surface area contributed by atoms with Crippen LogP contribution >= 0.6 is 0 Å². The molecule has 0 saturated carbocycles. The van der Waals surface area contributed by atoms with E-state index in [1.54, 1.807) is 41.1 Å². The lowest BCUT2D eigenvalue weighted by molar-refractivity contribution is -0.116. The van der Waals surface area contributed by atoms with Gasteiger partial charge in [-0.05, 0) is 38.1 Å². The van der Waals surface area contributed by atoms with E-state index < -0.39 is 0 Å². The molecular formula is C18H22N2O4. The van der Waals surface area contributed by atoms with Gasteiger partial charge in [-0.2, -0.15) is 0 Å². The summed E-state index contributed by atoms with van der Waals surface area (Å²) in [6, 6.07) is 8.80. The molecule has 24 heavy (non-hydrogen) atoms. The number of aromatic nitrogens is 1. The second-order valence-electron chi connectivity index (χ2n) is 5.07. The van der Waals surface area contributed by atoms with Gasteiger partial charge < -0.3 is 19.4 Å². The van der Waals surface area contributed by atoms with Crippen molar-refractivity contribution in [3.8, 4) is 11.5 Å². The molecule has 0 aliphatic carbocycles. The van der Waals surface area contributed by atoms with Crippen LogP contribution in [0.4, 0.5) is 5.69 Å². The highest BCUT2D eigenvalue weighted by Crippen LogP contribution is 2.30. The van der Waals surface area contributed by atoms with Gasteiger partial charge in [-0.25, -0.2) is 0 Å². The first-order valence-corrected chi connectivity index (χ1v) is 7.97. The summed E-state index contributed by atoms with van der Waals surface area (Å²) in [4.78, 5) is 23.0. The quantitative estimate of drug-likeness (QED) is 0.717. The van der Waals surface area contributed by atoms with Crippen molar-refractivity contribution in [2.24, 2.45) is 0 Å². The Labute approximate surface area is 141 Å². The van der Waals surface area contributed by atoms with E-state index in [2.05, 4.69) is 5.32 Å². The summed E-state index contributed by atoms with van der Waals surface area (Å²) in [5, 5.41) is 2.83. The summed E-state index contributed by atoms with van der Waals surface area (Å²) < 4.78 is 12.8. The Kier molecular flexibility index (Phi) is 6.42. The number of anilines is 1. The minimum Gasteiger partial charge on any atom is -0.490 e. The lowest BCUT2D eigenvalue weighted by Crippen LogP contribution is -2.15. The molecule has 6 heteroatoms. The summed E-state index contributed by atoms with van der Waals surface area (Å²) in [7, 11) is 0. The Hall–Kier alpha value is -2.76. The average molecular weight is 330 g/mol. The van der Waals surface area contributed by atoms with E-state index in [1.165, 1.54) is 0 Å². The van der Waals surface area contributed by atoms with Crippen molar-refractivity contribution in [3.63, 3.8) is 0 Å². The van der Waals surface area contributed by atoms with Crippen molar-refractivity contribution >= 4 is 17.9 Å². The molecule has 1 N–H and O–H groups in total. The van der Waals surface area contributed by atoms with E-state index in [-0.39, 0.29) is 12.3 Å². The molecule has 6 nitrogen and oxygen atoms in total. The Balaban J connectivity index is 1.98. The third kappa shape index (κ3) is 4.62. The molecule has 0 radical (unpaired) electrons. The monoisotopic (exact) mass is 330 g/mol. The van der Waals surface area contributed by atoms with Crippen molar-refractivity contribution in [3.05, 3.63) is 42.2 Å². The number of carbonyl (C=O) groups excluding carboxylic acids is 2. The number of nitrogens with zero attached hydrogens (tertiary/aromatic N) is 1. The maximum absolute atomic E-state index is 12.1. The highest BCUT2D eigenvalue weighted by Gasteiger charge is 2.09. The molecular weight excluding hydrogens is 308 g/mol. The third-order valence-electron chi connectivity index (χ3n) is 3.39. The maximum atomic E-state index is 12.1. The molecule has 1 aromatic heterocycles. The maximum Gasteiger partial charge on any atom is 0.226 e. The van der Waals surface area contributed by atoms with Crippen LogP contribution in [0.5, 0.6) is 11.5 Å². The number of amides is 1. The van der Waals surface area contributed by atoms with Crippen molar-refractivity contribution in [2.45, 2.75) is 26.8 Å². The summed E-state index contributed by atoms with van der Waals surface area (Å²) in [6.45, 7) is 5.30. The standard InChI is InChI=1S/C18H22N2O4/c1-3-23-16-8-7-14(12-17(16)24-4-2)19-18(22)9-11-20-10-5-6-15(20)13-21/h5-8,10,12-13H,3-4,9,11H2,1-2H3,(H,19,22). The molecule has 2 aromatic rings. The fourth-order valence-corrected chi connectivity index (χ4v) is 2.31. The Morgan fingerprint density at radius 3 is 2.62 bits per heavy atom. The summed E-state index contributed by atoms with van der Waals surface area (Å²) >= 11 is 0. The van der Waals surface area contributed by atoms with Gasteiger partial charge in [0, 0.05) is 30.9 Å². The van der Waals surface area contributed by atoms with Gasteiger partial charge in [0.05, 0.1) is 18.9 Å². The molecule has 0 bridgehead atoms. The number of benzene rings is 1. The van der Waals surface area contributed by atoms with Gasteiger partial charge in [0.2, 0.25) is 5.91 Å². The minimum atomic E-state index is -0.132. The number of hydrogen-bond acceptors (Lipinski definition) is 4. The molecule has 0 atom stereocenters. The molecule has 0 aliphatic heterocycles. The zero-order valence-corrected chi connectivity index (χ0v) is 14.0. The van der Waals surface area contributed by atoms with Crippen molar-refractivity contribution in [1.29, 1.82) is 0 Å². The zero-order valence-electron chi connectivity index (χ0n) is 14.0. The number of ether oxygens (including phenoxy) is 2. The predicted octanol–water partition coefficient (Wildman–Crippen LogP) is 3.13. The normalized spacial score (nSPS) is 10.2. The van der Waals surface area contributed by atoms with Crippen LogP contribution < -0.4 is 14.8 Å². The van der Waals surface area contributed by atoms with E-state index in [0.29, 0.717) is 42.6 Å². The van der Waals surface area contributed by atoms with E-state index in [1.807, 2.05) is 13.8 Å². The van der Waals surface area contributed by atoms with Gasteiger partial charge in [0.15, 0.2) is 17.8 Å². The average Bonchev–Trinajstić information content (AvgIpc) is 3.03. The van der Waals surface area contributed by atoms with Crippen molar-refractivity contribution in [1.82, 2.24) is 4.57 Å². The van der Waals surface area contributed by atoms with Crippen LogP contribution in [0.25, 0.3) is 0 Å². The minimum absolute atomic E-state index is 0.132. The molecule has 2 rings (SSSR count). The molecule has 0 saturated heterocycles. The van der Waals surface area contributed by atoms with Gasteiger partial charge in [-0.15, -0.1) is 0 Å². The number of carbonyl (C=O) groups is 2. The van der Waals surface area contributed by atoms with Crippen LogP contribution in [-0.2, 0) is 11.3 Å². The lowest BCUT2D eigenvalue weighted by atomic mass is 10.2. The first kappa shape index (κ1) is 17.6. The number of rotatable bonds is 9. The lowest BCUT2D eigenvalue weighted by Gasteiger charge is -2.13. The SMILES string of the molecule is CCOc1ccc(NC(=O)CCn2cccc2C=O)cc1OCC. The summed E-state index contributed by atoms with van der Waals surface area (Å²) in [5.41, 5.74) is 1.21. The molecule has 0 fully saturated rings. The molecule has 0 aliphatic rings. The van der Waals surface area contributed by atoms with E-state index >= 15 is 0 Å². The topological polar surface area (TPSA) is 69.6 Å². The zero-order chi connectivity index (χ0) is 17.4. The van der Waals surface area contributed by atoms with Crippen LogP contribution in [0.3, 0.4) is 0 Å². The van der Waals surface area contributed by atoms with Crippen LogP contribution in [0.1, 0.15) is 30.8 Å². The summed E-state index contributed by atoms with van der Waals surface area (Å²) in [6.07, 6.45) is 2.83. The van der Waals surface area contributed by atoms with E-state index in [9.17, 15) is 9.59 Å². The molecule has 1 amide bonds. The van der Waals surface area contributed by atoms with Gasteiger partial charge in [0.1, 0.15) is 0 Å². The van der Waals surface area contributed by atoms with Crippen molar-refractivity contribution in [2.75, 3.05) is 18.5 Å². The number of hydrogen-bond donors (Lipinski definition) is 1. The van der Waals surface area contributed by atoms with Crippen LogP contribution in [0.2, 0.25) is 0 Å². The number of aryl methyl sites for hydroxylation is 1. The largest absolute Gasteiger partial charge is 0.490 e. The molecule has 0 spiro atoms. The molecule has 1 aromatic carbocycles. The van der Waals surface area contributed by atoms with Crippen LogP contribution in [0, 0.1) is 0 Å². The highest BCUT2D eigenvalue weighted by molar-refractivity contribution is 5.91. The predicted molar refractivity (Wildman–Crippen MR) is 91.8 cm³/mol. The van der Waals surface area contributed by atoms with Gasteiger partial charge in [0.25, 0.3) is 0 Å². The van der Waals surface area contributed by atoms with Gasteiger partial charge in [-0.1, -0.05) is 0 Å². The van der Waals surface area contributed by atoms with Crippen LogP contribution in [-0.4, -0.2) is 30.0 Å². The fourth-order valence-electron chi connectivity index (χ4n) is 2.31. The molecule has 128 valence electrons. The van der Waals surface area contributed by atoms with Crippen LogP contribution in [0.15, 0.2) is 36.5 Å².